The molecule has 0 bridgehead atoms. The van der Waals surface area contributed by atoms with Gasteiger partial charge in [-0.1, -0.05) is 24.6 Å². The van der Waals surface area contributed by atoms with Crippen molar-refractivity contribution in [2.45, 2.75) is 32.3 Å². The van der Waals surface area contributed by atoms with Crippen LogP contribution in [0.15, 0.2) is 30.5 Å². The minimum Gasteiger partial charge on any atom is -0.393 e. The minimum atomic E-state index is -0.360. The van der Waals surface area contributed by atoms with E-state index in [2.05, 4.69) is 11.9 Å². The summed E-state index contributed by atoms with van der Waals surface area (Å²) in [4.78, 5) is 4.31. The zero-order chi connectivity index (χ0) is 12.4. The molecule has 2 rings (SSSR count). The number of halogens is 1. The molecule has 17 heavy (non-hydrogen) atoms. The first-order valence-electron chi connectivity index (χ1n) is 5.85. The summed E-state index contributed by atoms with van der Waals surface area (Å²) in [5, 5.41) is 11.6. The normalized spacial score (nSPS) is 14.8. The summed E-state index contributed by atoms with van der Waals surface area (Å²) in [6.07, 6.45) is 2.32. The molecule has 1 heterocycles. The fraction of sp³-hybridized carbons (Fsp3) is 0.357. The Kier molecular flexibility index (Phi) is 3.65. The fourth-order valence-electron chi connectivity index (χ4n) is 2.29. The van der Waals surface area contributed by atoms with Crippen LogP contribution in [-0.4, -0.2) is 16.2 Å². The summed E-state index contributed by atoms with van der Waals surface area (Å²) < 4.78 is 0. The van der Waals surface area contributed by atoms with Crippen LogP contribution in [0.5, 0.6) is 0 Å². The third-order valence-corrected chi connectivity index (χ3v) is 3.40. The van der Waals surface area contributed by atoms with Crippen LogP contribution in [0, 0.1) is 0 Å². The number of fused-ring (bicyclic) bond motifs is 1. The van der Waals surface area contributed by atoms with Crippen molar-refractivity contribution in [2.75, 3.05) is 0 Å². The molecule has 1 N–H and O–H groups in total. The maximum absolute atomic E-state index is 9.83. The van der Waals surface area contributed by atoms with Crippen molar-refractivity contribution in [3.63, 3.8) is 0 Å². The van der Waals surface area contributed by atoms with Crippen molar-refractivity contribution in [1.29, 1.82) is 0 Å². The van der Waals surface area contributed by atoms with Gasteiger partial charge in [-0.15, -0.1) is 0 Å². The molecule has 0 aliphatic carbocycles. The Bertz CT molecular complexity index is 525. The van der Waals surface area contributed by atoms with E-state index in [0.717, 1.165) is 22.9 Å². The summed E-state index contributed by atoms with van der Waals surface area (Å²) in [5.41, 5.74) is 2.03. The predicted octanol–water partition coefficient (Wildman–Crippen LogP) is 3.76. The number of aliphatic hydroxyl groups excluding tert-OH is 1. The molecule has 3 heteroatoms. The van der Waals surface area contributed by atoms with Crippen LogP contribution in [0.2, 0.25) is 5.02 Å². The van der Waals surface area contributed by atoms with Crippen LogP contribution in [-0.2, 0) is 0 Å². The summed E-state index contributed by atoms with van der Waals surface area (Å²) in [6.45, 7) is 3.91. The van der Waals surface area contributed by atoms with Gasteiger partial charge in [0.05, 0.1) is 11.6 Å². The van der Waals surface area contributed by atoms with E-state index in [1.54, 1.807) is 6.20 Å². The number of rotatable bonds is 3. The minimum absolute atomic E-state index is 0.140. The van der Waals surface area contributed by atoms with Crippen LogP contribution < -0.4 is 0 Å². The van der Waals surface area contributed by atoms with Crippen molar-refractivity contribution < 1.29 is 5.11 Å². The fourth-order valence-corrected chi connectivity index (χ4v) is 2.45. The zero-order valence-corrected chi connectivity index (χ0v) is 10.8. The molecule has 1 aromatic heterocycles. The highest BCUT2D eigenvalue weighted by atomic mass is 35.5. The van der Waals surface area contributed by atoms with E-state index in [-0.39, 0.29) is 12.0 Å². The second-order valence-electron chi connectivity index (χ2n) is 4.32. The van der Waals surface area contributed by atoms with Gasteiger partial charge in [0.15, 0.2) is 0 Å². The Morgan fingerprint density at radius 2 is 2.12 bits per heavy atom. The maximum atomic E-state index is 9.83. The second kappa shape index (κ2) is 5.03. The molecular weight excluding hydrogens is 234 g/mol. The molecule has 0 saturated carbocycles. The van der Waals surface area contributed by atoms with Crippen LogP contribution in [0.4, 0.5) is 0 Å². The number of aliphatic hydroxyl groups is 1. The van der Waals surface area contributed by atoms with E-state index in [9.17, 15) is 5.11 Å². The van der Waals surface area contributed by atoms with Crippen molar-refractivity contribution in [1.82, 2.24) is 4.98 Å². The molecule has 0 radical (unpaired) electrons. The van der Waals surface area contributed by atoms with Gasteiger partial charge in [-0.05, 0) is 37.1 Å². The van der Waals surface area contributed by atoms with Gasteiger partial charge in [-0.3, -0.25) is 4.98 Å². The lowest BCUT2D eigenvalue weighted by Gasteiger charge is -2.20. The summed E-state index contributed by atoms with van der Waals surface area (Å²) in [7, 11) is 0. The van der Waals surface area contributed by atoms with Gasteiger partial charge in [0, 0.05) is 22.5 Å². The Hall–Kier alpha value is -1.12. The van der Waals surface area contributed by atoms with Crippen LogP contribution >= 0.6 is 11.6 Å². The first-order chi connectivity index (χ1) is 8.13. The highest BCUT2D eigenvalue weighted by Crippen LogP contribution is 2.30. The zero-order valence-electron chi connectivity index (χ0n) is 10.0. The van der Waals surface area contributed by atoms with E-state index in [0.29, 0.717) is 5.02 Å². The lowest BCUT2D eigenvalue weighted by molar-refractivity contribution is 0.160. The maximum Gasteiger partial charge on any atom is 0.0719 e. The van der Waals surface area contributed by atoms with E-state index in [4.69, 9.17) is 11.6 Å². The third kappa shape index (κ3) is 2.43. The molecule has 1 aromatic carbocycles. The predicted molar refractivity (Wildman–Crippen MR) is 71.5 cm³/mol. The van der Waals surface area contributed by atoms with E-state index in [1.807, 2.05) is 31.2 Å². The van der Waals surface area contributed by atoms with Gasteiger partial charge in [0.2, 0.25) is 0 Å². The molecule has 90 valence electrons. The van der Waals surface area contributed by atoms with Gasteiger partial charge >= 0.3 is 0 Å². The Labute approximate surface area is 106 Å². The number of benzene rings is 1. The molecule has 0 amide bonds. The molecule has 0 spiro atoms. The summed E-state index contributed by atoms with van der Waals surface area (Å²) >= 11 is 5.96. The van der Waals surface area contributed by atoms with Gasteiger partial charge in [-0.2, -0.15) is 0 Å². The van der Waals surface area contributed by atoms with Crippen LogP contribution in [0.25, 0.3) is 10.9 Å². The van der Waals surface area contributed by atoms with E-state index in [1.165, 1.54) is 0 Å². The van der Waals surface area contributed by atoms with Crippen molar-refractivity contribution in [3.8, 4) is 0 Å². The average molecular weight is 250 g/mol. The Morgan fingerprint density at radius 1 is 1.35 bits per heavy atom. The first-order valence-corrected chi connectivity index (χ1v) is 6.23. The number of nitrogens with zero attached hydrogens (tertiary/aromatic N) is 1. The largest absolute Gasteiger partial charge is 0.393 e. The number of pyridine rings is 1. The molecule has 0 saturated heterocycles. The molecule has 2 atom stereocenters. The number of aromatic nitrogens is 1. The van der Waals surface area contributed by atoms with Gasteiger partial charge < -0.3 is 5.11 Å². The standard InChI is InChI=1S/C14H16ClNO/c1-3-11(9(2)17)12-6-7-16-14-8-10(15)4-5-13(12)14/h4-9,11,17H,3H2,1-2H3. The molecular formula is C14H16ClNO. The SMILES string of the molecule is CCC(c1ccnc2cc(Cl)ccc12)C(C)O. The number of hydrogen-bond acceptors (Lipinski definition) is 2. The van der Waals surface area contributed by atoms with Crippen LogP contribution in [0.3, 0.4) is 0 Å². The molecule has 2 aromatic rings. The van der Waals surface area contributed by atoms with E-state index >= 15 is 0 Å². The smallest absolute Gasteiger partial charge is 0.0719 e. The Balaban J connectivity index is 2.61. The van der Waals surface area contributed by atoms with Gasteiger partial charge in [-0.25, -0.2) is 0 Å². The Morgan fingerprint density at radius 3 is 2.76 bits per heavy atom. The van der Waals surface area contributed by atoms with E-state index < -0.39 is 0 Å². The van der Waals surface area contributed by atoms with Gasteiger partial charge in [0.25, 0.3) is 0 Å². The highest BCUT2D eigenvalue weighted by Gasteiger charge is 2.17. The molecule has 2 unspecified atom stereocenters. The topological polar surface area (TPSA) is 33.1 Å². The first kappa shape index (κ1) is 12.3. The molecule has 2 nitrogen and oxygen atoms in total. The van der Waals surface area contributed by atoms with Crippen molar-refractivity contribution in [2.24, 2.45) is 0 Å². The van der Waals surface area contributed by atoms with Crippen molar-refractivity contribution in [3.05, 3.63) is 41.0 Å². The second-order valence-corrected chi connectivity index (χ2v) is 4.75. The summed E-state index contributed by atoms with van der Waals surface area (Å²) in [5.74, 6) is 0.140. The van der Waals surface area contributed by atoms with Crippen LogP contribution in [0.1, 0.15) is 31.7 Å². The molecule has 0 aliphatic heterocycles. The lowest BCUT2D eigenvalue weighted by atomic mass is 9.89. The molecule has 0 fully saturated rings. The number of hydrogen-bond donors (Lipinski definition) is 1. The highest BCUT2D eigenvalue weighted by molar-refractivity contribution is 6.31. The summed E-state index contributed by atoms with van der Waals surface area (Å²) in [6, 6.07) is 7.68. The monoisotopic (exact) mass is 249 g/mol. The molecule has 0 aliphatic rings. The van der Waals surface area contributed by atoms with Crippen molar-refractivity contribution >= 4 is 22.5 Å². The van der Waals surface area contributed by atoms with Gasteiger partial charge in [0.1, 0.15) is 0 Å². The third-order valence-electron chi connectivity index (χ3n) is 3.16. The quantitative estimate of drug-likeness (QED) is 0.899. The average Bonchev–Trinajstić information content (AvgIpc) is 2.29. The lowest BCUT2D eigenvalue weighted by Crippen LogP contribution is -2.14.